The van der Waals surface area contributed by atoms with E-state index in [9.17, 15) is 0 Å². The molecule has 98 valence electrons. The van der Waals surface area contributed by atoms with Crippen LogP contribution in [0.15, 0.2) is 59.6 Å². The summed E-state index contributed by atoms with van der Waals surface area (Å²) in [6.45, 7) is 1.98. The molecule has 2 aromatic rings. The SMILES string of the molecule is CC(N=C(N)Nc1ccccc1)c1cccc(Cl)c1. The Hall–Kier alpha value is -2.00. The van der Waals surface area contributed by atoms with Crippen molar-refractivity contribution < 1.29 is 0 Å². The molecule has 0 saturated heterocycles. The van der Waals surface area contributed by atoms with Gasteiger partial charge in [-0.2, -0.15) is 0 Å². The van der Waals surface area contributed by atoms with Gasteiger partial charge < -0.3 is 11.1 Å². The van der Waals surface area contributed by atoms with Crippen molar-refractivity contribution in [3.05, 3.63) is 65.2 Å². The van der Waals surface area contributed by atoms with Crippen molar-refractivity contribution in [3.63, 3.8) is 0 Å². The maximum atomic E-state index is 5.96. The van der Waals surface area contributed by atoms with E-state index < -0.39 is 0 Å². The Balaban J connectivity index is 2.08. The van der Waals surface area contributed by atoms with Crippen molar-refractivity contribution in [2.24, 2.45) is 10.7 Å². The normalized spacial score (nSPS) is 13.1. The summed E-state index contributed by atoms with van der Waals surface area (Å²) < 4.78 is 0. The average Bonchev–Trinajstić information content (AvgIpc) is 2.39. The van der Waals surface area contributed by atoms with Crippen molar-refractivity contribution in [3.8, 4) is 0 Å². The van der Waals surface area contributed by atoms with Crippen LogP contribution in [0.1, 0.15) is 18.5 Å². The molecule has 0 radical (unpaired) electrons. The Morgan fingerprint density at radius 1 is 1.16 bits per heavy atom. The van der Waals surface area contributed by atoms with Crippen LogP contribution in [0.2, 0.25) is 5.02 Å². The summed E-state index contributed by atoms with van der Waals surface area (Å²) >= 11 is 5.96. The number of para-hydroxylation sites is 1. The van der Waals surface area contributed by atoms with Gasteiger partial charge in [-0.1, -0.05) is 41.9 Å². The largest absolute Gasteiger partial charge is 0.370 e. The summed E-state index contributed by atoms with van der Waals surface area (Å²) in [4.78, 5) is 4.41. The fourth-order valence-corrected chi connectivity index (χ4v) is 1.95. The second-order valence-corrected chi connectivity index (χ2v) is 4.67. The Bertz CT molecular complexity index is 567. The molecule has 1 atom stereocenters. The van der Waals surface area contributed by atoms with Crippen LogP contribution < -0.4 is 11.1 Å². The third-order valence-electron chi connectivity index (χ3n) is 2.71. The molecule has 3 nitrogen and oxygen atoms in total. The predicted octanol–water partition coefficient (Wildman–Crippen LogP) is 3.83. The van der Waals surface area contributed by atoms with E-state index in [-0.39, 0.29) is 6.04 Å². The minimum atomic E-state index is -0.0464. The summed E-state index contributed by atoms with van der Waals surface area (Å²) in [6, 6.07) is 17.3. The van der Waals surface area contributed by atoms with E-state index in [2.05, 4.69) is 10.3 Å². The van der Waals surface area contributed by atoms with Crippen LogP contribution in [0.4, 0.5) is 5.69 Å². The molecule has 0 spiro atoms. The lowest BCUT2D eigenvalue weighted by Crippen LogP contribution is -2.23. The van der Waals surface area contributed by atoms with Gasteiger partial charge in [0.2, 0.25) is 0 Å². The van der Waals surface area contributed by atoms with Crippen LogP contribution >= 0.6 is 11.6 Å². The molecular formula is C15H16ClN3. The van der Waals surface area contributed by atoms with Crippen molar-refractivity contribution in [2.75, 3.05) is 5.32 Å². The average molecular weight is 274 g/mol. The summed E-state index contributed by atoms with van der Waals surface area (Å²) in [5, 5.41) is 3.75. The Morgan fingerprint density at radius 2 is 1.89 bits per heavy atom. The molecule has 0 amide bonds. The van der Waals surface area contributed by atoms with Gasteiger partial charge in [0, 0.05) is 10.7 Å². The van der Waals surface area contributed by atoms with Crippen LogP contribution in [0.3, 0.4) is 0 Å². The van der Waals surface area contributed by atoms with E-state index in [1.807, 2.05) is 61.5 Å². The third-order valence-corrected chi connectivity index (χ3v) is 2.95. The second kappa shape index (κ2) is 6.25. The summed E-state index contributed by atoms with van der Waals surface area (Å²) in [5.41, 5.74) is 7.84. The summed E-state index contributed by atoms with van der Waals surface area (Å²) in [5.74, 6) is 0.388. The van der Waals surface area contributed by atoms with Gasteiger partial charge in [-0.25, -0.2) is 4.99 Å². The number of guanidine groups is 1. The fourth-order valence-electron chi connectivity index (χ4n) is 1.75. The van der Waals surface area contributed by atoms with E-state index in [0.29, 0.717) is 11.0 Å². The highest BCUT2D eigenvalue weighted by atomic mass is 35.5. The molecule has 2 aromatic carbocycles. The number of anilines is 1. The molecule has 0 bridgehead atoms. The molecule has 0 aliphatic carbocycles. The maximum Gasteiger partial charge on any atom is 0.193 e. The maximum absolute atomic E-state index is 5.96. The number of aliphatic imine (C=N–C) groups is 1. The van der Waals surface area contributed by atoms with Crippen LogP contribution in [0.5, 0.6) is 0 Å². The first kappa shape index (κ1) is 13.4. The number of hydrogen-bond acceptors (Lipinski definition) is 1. The van der Waals surface area contributed by atoms with E-state index in [1.54, 1.807) is 0 Å². The minimum absolute atomic E-state index is 0.0464. The smallest absolute Gasteiger partial charge is 0.193 e. The van der Waals surface area contributed by atoms with E-state index in [1.165, 1.54) is 0 Å². The summed E-state index contributed by atoms with van der Waals surface area (Å²) in [7, 11) is 0. The topological polar surface area (TPSA) is 50.4 Å². The lowest BCUT2D eigenvalue weighted by molar-refractivity contribution is 0.817. The quantitative estimate of drug-likeness (QED) is 0.660. The van der Waals surface area contributed by atoms with Gasteiger partial charge >= 0.3 is 0 Å². The molecular weight excluding hydrogens is 258 g/mol. The third kappa shape index (κ3) is 4.00. The summed E-state index contributed by atoms with van der Waals surface area (Å²) in [6.07, 6.45) is 0. The predicted molar refractivity (Wildman–Crippen MR) is 81.6 cm³/mol. The van der Waals surface area contributed by atoms with E-state index in [0.717, 1.165) is 11.3 Å². The standard InChI is InChI=1S/C15H16ClN3/c1-11(12-6-5-7-13(16)10-12)18-15(17)19-14-8-3-2-4-9-14/h2-11H,1H3,(H3,17,18,19). The van der Waals surface area contributed by atoms with Gasteiger partial charge in [0.15, 0.2) is 5.96 Å². The van der Waals surface area contributed by atoms with E-state index in [4.69, 9.17) is 17.3 Å². The highest BCUT2D eigenvalue weighted by molar-refractivity contribution is 6.30. The molecule has 0 aliphatic rings. The highest BCUT2D eigenvalue weighted by Crippen LogP contribution is 2.20. The number of hydrogen-bond donors (Lipinski definition) is 2. The zero-order chi connectivity index (χ0) is 13.7. The molecule has 19 heavy (non-hydrogen) atoms. The van der Waals surface area contributed by atoms with Crippen LogP contribution in [0.25, 0.3) is 0 Å². The second-order valence-electron chi connectivity index (χ2n) is 4.24. The number of nitrogens with one attached hydrogen (secondary N) is 1. The minimum Gasteiger partial charge on any atom is -0.370 e. The molecule has 3 N–H and O–H groups in total. The van der Waals surface area contributed by atoms with Gasteiger partial charge in [-0.15, -0.1) is 0 Å². The Morgan fingerprint density at radius 3 is 2.58 bits per heavy atom. The van der Waals surface area contributed by atoms with Gasteiger partial charge in [0.05, 0.1) is 6.04 Å². The first-order chi connectivity index (χ1) is 9.15. The number of halogens is 1. The van der Waals surface area contributed by atoms with Gasteiger partial charge in [-0.05, 0) is 36.8 Å². The Labute approximate surface area is 118 Å². The molecule has 1 unspecified atom stereocenters. The van der Waals surface area contributed by atoms with Crippen molar-refractivity contribution in [1.29, 1.82) is 0 Å². The zero-order valence-corrected chi connectivity index (χ0v) is 11.4. The van der Waals surface area contributed by atoms with Gasteiger partial charge in [0.1, 0.15) is 0 Å². The first-order valence-corrected chi connectivity index (χ1v) is 6.44. The van der Waals surface area contributed by atoms with Crippen LogP contribution in [-0.4, -0.2) is 5.96 Å². The first-order valence-electron chi connectivity index (χ1n) is 6.06. The molecule has 2 rings (SSSR count). The molecule has 4 heteroatoms. The van der Waals surface area contributed by atoms with Crippen molar-refractivity contribution in [2.45, 2.75) is 13.0 Å². The monoisotopic (exact) mass is 273 g/mol. The highest BCUT2D eigenvalue weighted by Gasteiger charge is 2.05. The van der Waals surface area contributed by atoms with Crippen LogP contribution in [-0.2, 0) is 0 Å². The van der Waals surface area contributed by atoms with Crippen molar-refractivity contribution in [1.82, 2.24) is 0 Å². The number of rotatable bonds is 3. The molecule has 0 fully saturated rings. The van der Waals surface area contributed by atoms with E-state index >= 15 is 0 Å². The lowest BCUT2D eigenvalue weighted by Gasteiger charge is -2.10. The van der Waals surface area contributed by atoms with Crippen molar-refractivity contribution >= 4 is 23.2 Å². The van der Waals surface area contributed by atoms with Gasteiger partial charge in [0.25, 0.3) is 0 Å². The molecule has 0 saturated carbocycles. The van der Waals surface area contributed by atoms with Gasteiger partial charge in [-0.3, -0.25) is 0 Å². The molecule has 0 aromatic heterocycles. The fraction of sp³-hybridized carbons (Fsp3) is 0.133. The lowest BCUT2D eigenvalue weighted by atomic mass is 10.1. The van der Waals surface area contributed by atoms with Crippen LogP contribution in [0, 0.1) is 0 Å². The zero-order valence-electron chi connectivity index (χ0n) is 10.7. The molecule has 0 aliphatic heterocycles. The number of nitrogens with two attached hydrogens (primary N) is 1. The number of benzene rings is 2. The Kier molecular flexibility index (Phi) is 4.42. The number of nitrogens with zero attached hydrogens (tertiary/aromatic N) is 1. The molecule has 0 heterocycles.